The van der Waals surface area contributed by atoms with Crippen LogP contribution < -0.4 is 10.2 Å². The summed E-state index contributed by atoms with van der Waals surface area (Å²) in [6.07, 6.45) is 5.59. The number of nitrogens with one attached hydrogen (secondary N) is 1. The fourth-order valence-corrected chi connectivity index (χ4v) is 5.86. The molecular formula is C24H31N3O3S. The van der Waals surface area contributed by atoms with Crippen molar-refractivity contribution in [2.75, 3.05) is 31.1 Å². The summed E-state index contributed by atoms with van der Waals surface area (Å²) in [6, 6.07) is 14.5. The number of hydrogen-bond acceptors (Lipinski definition) is 4. The van der Waals surface area contributed by atoms with Gasteiger partial charge in [-0.15, -0.1) is 0 Å². The summed E-state index contributed by atoms with van der Waals surface area (Å²) >= 11 is 0. The van der Waals surface area contributed by atoms with Crippen molar-refractivity contribution in [2.45, 2.75) is 50.0 Å². The quantitative estimate of drug-likeness (QED) is 0.737. The van der Waals surface area contributed by atoms with Gasteiger partial charge in [0.1, 0.15) is 0 Å². The van der Waals surface area contributed by atoms with Gasteiger partial charge in [-0.05, 0) is 81.0 Å². The van der Waals surface area contributed by atoms with E-state index in [1.165, 1.54) is 41.4 Å². The third-order valence-electron chi connectivity index (χ3n) is 6.28. The highest BCUT2D eigenvalue weighted by molar-refractivity contribution is 7.89. The van der Waals surface area contributed by atoms with E-state index in [9.17, 15) is 13.2 Å². The first kappa shape index (κ1) is 21.8. The molecule has 2 aliphatic heterocycles. The van der Waals surface area contributed by atoms with Crippen LogP contribution in [0.15, 0.2) is 53.4 Å². The average Bonchev–Trinajstić information content (AvgIpc) is 3.36. The molecule has 31 heavy (non-hydrogen) atoms. The molecule has 0 bridgehead atoms. The minimum atomic E-state index is -3.46. The number of rotatable bonds is 6. The molecule has 0 saturated carbocycles. The Morgan fingerprint density at radius 1 is 0.839 bits per heavy atom. The minimum absolute atomic E-state index is 0.143. The smallest absolute Gasteiger partial charge is 0.251 e. The molecule has 1 atom stereocenters. The van der Waals surface area contributed by atoms with Crippen LogP contribution in [0.5, 0.6) is 0 Å². The topological polar surface area (TPSA) is 69.7 Å². The maximum absolute atomic E-state index is 12.7. The first-order valence-corrected chi connectivity index (χ1v) is 12.7. The van der Waals surface area contributed by atoms with Crippen LogP contribution in [0.25, 0.3) is 0 Å². The molecule has 166 valence electrons. The molecule has 0 aromatic heterocycles. The molecule has 1 amide bonds. The van der Waals surface area contributed by atoms with E-state index in [-0.39, 0.29) is 16.8 Å². The zero-order valence-electron chi connectivity index (χ0n) is 18.1. The van der Waals surface area contributed by atoms with Gasteiger partial charge in [0.2, 0.25) is 10.0 Å². The number of amides is 1. The first-order chi connectivity index (χ1) is 14.9. The summed E-state index contributed by atoms with van der Waals surface area (Å²) in [5.74, 6) is -0.210. The highest BCUT2D eigenvalue weighted by atomic mass is 32.2. The molecule has 4 rings (SSSR count). The maximum atomic E-state index is 12.7. The summed E-state index contributed by atoms with van der Waals surface area (Å²) in [4.78, 5) is 15.3. The van der Waals surface area contributed by atoms with E-state index in [1.807, 2.05) is 6.92 Å². The fraction of sp³-hybridized carbons (Fsp3) is 0.458. The monoisotopic (exact) mass is 441 g/mol. The number of piperidine rings is 1. The van der Waals surface area contributed by atoms with E-state index < -0.39 is 10.0 Å². The van der Waals surface area contributed by atoms with Crippen molar-refractivity contribution in [2.24, 2.45) is 0 Å². The molecule has 0 aliphatic carbocycles. The predicted molar refractivity (Wildman–Crippen MR) is 123 cm³/mol. The minimum Gasteiger partial charge on any atom is -0.372 e. The molecular weight excluding hydrogens is 410 g/mol. The molecule has 0 radical (unpaired) electrons. The van der Waals surface area contributed by atoms with E-state index in [4.69, 9.17) is 0 Å². The lowest BCUT2D eigenvalue weighted by Crippen LogP contribution is -2.29. The van der Waals surface area contributed by atoms with Crippen LogP contribution in [0, 0.1) is 0 Å². The molecule has 2 aromatic carbocycles. The SMILES string of the molecule is CC(NC(=O)c1ccc(S(=O)(=O)N2CCCC2)cc1)c1ccc(N2CCCCC2)cc1. The van der Waals surface area contributed by atoms with Gasteiger partial charge in [0, 0.05) is 37.4 Å². The zero-order valence-corrected chi connectivity index (χ0v) is 18.9. The number of sulfonamides is 1. The van der Waals surface area contributed by atoms with Crippen molar-refractivity contribution in [3.8, 4) is 0 Å². The van der Waals surface area contributed by atoms with E-state index in [1.54, 1.807) is 12.1 Å². The van der Waals surface area contributed by atoms with Crippen molar-refractivity contribution in [1.29, 1.82) is 0 Å². The van der Waals surface area contributed by atoms with Crippen LogP contribution in [-0.2, 0) is 10.0 Å². The van der Waals surface area contributed by atoms with E-state index in [0.29, 0.717) is 18.7 Å². The largest absolute Gasteiger partial charge is 0.372 e. The molecule has 1 N–H and O–H groups in total. The number of nitrogens with zero attached hydrogens (tertiary/aromatic N) is 2. The number of anilines is 1. The molecule has 2 heterocycles. The second kappa shape index (κ2) is 9.40. The summed E-state index contributed by atoms with van der Waals surface area (Å²) in [7, 11) is -3.46. The van der Waals surface area contributed by atoms with Crippen molar-refractivity contribution >= 4 is 21.6 Å². The van der Waals surface area contributed by atoms with Gasteiger partial charge in [0.15, 0.2) is 0 Å². The normalized spacial score (nSPS) is 18.7. The third kappa shape index (κ3) is 4.93. The molecule has 1 unspecified atom stereocenters. The Labute approximate surface area is 185 Å². The Balaban J connectivity index is 1.38. The molecule has 6 nitrogen and oxygen atoms in total. The van der Waals surface area contributed by atoms with Gasteiger partial charge in [-0.3, -0.25) is 4.79 Å². The lowest BCUT2D eigenvalue weighted by molar-refractivity contribution is 0.0940. The number of carbonyl (C=O) groups excluding carboxylic acids is 1. The van der Waals surface area contributed by atoms with E-state index in [0.717, 1.165) is 31.5 Å². The van der Waals surface area contributed by atoms with Gasteiger partial charge in [-0.25, -0.2) is 8.42 Å². The summed E-state index contributed by atoms with van der Waals surface area (Å²) in [5.41, 5.74) is 2.73. The Morgan fingerprint density at radius 2 is 1.42 bits per heavy atom. The number of carbonyl (C=O) groups is 1. The highest BCUT2D eigenvalue weighted by Crippen LogP contribution is 2.24. The Bertz CT molecular complexity index is 991. The van der Waals surface area contributed by atoms with Crippen molar-refractivity contribution in [3.05, 3.63) is 59.7 Å². The van der Waals surface area contributed by atoms with Crippen LogP contribution in [0.1, 0.15) is 61.0 Å². The van der Waals surface area contributed by atoms with Gasteiger partial charge in [-0.1, -0.05) is 12.1 Å². The van der Waals surface area contributed by atoms with Crippen LogP contribution in [0.4, 0.5) is 5.69 Å². The van der Waals surface area contributed by atoms with Gasteiger partial charge < -0.3 is 10.2 Å². The predicted octanol–water partition coefficient (Wildman–Crippen LogP) is 3.95. The third-order valence-corrected chi connectivity index (χ3v) is 8.19. The summed E-state index contributed by atoms with van der Waals surface area (Å²) in [5, 5.41) is 3.01. The lowest BCUT2D eigenvalue weighted by atomic mass is 10.1. The fourth-order valence-electron chi connectivity index (χ4n) is 4.35. The highest BCUT2D eigenvalue weighted by Gasteiger charge is 2.27. The van der Waals surface area contributed by atoms with Gasteiger partial charge in [0.25, 0.3) is 5.91 Å². The van der Waals surface area contributed by atoms with Crippen LogP contribution in [0.3, 0.4) is 0 Å². The van der Waals surface area contributed by atoms with Gasteiger partial charge in [0.05, 0.1) is 10.9 Å². The number of hydrogen-bond donors (Lipinski definition) is 1. The molecule has 2 aromatic rings. The van der Waals surface area contributed by atoms with E-state index >= 15 is 0 Å². The molecule has 2 aliphatic rings. The molecule has 2 fully saturated rings. The molecule has 7 heteroatoms. The van der Waals surface area contributed by atoms with Crippen molar-refractivity contribution < 1.29 is 13.2 Å². The Hall–Kier alpha value is -2.38. The second-order valence-corrected chi connectivity index (χ2v) is 10.4. The van der Waals surface area contributed by atoms with Crippen LogP contribution >= 0.6 is 0 Å². The van der Waals surface area contributed by atoms with Crippen molar-refractivity contribution in [1.82, 2.24) is 9.62 Å². The van der Waals surface area contributed by atoms with Crippen molar-refractivity contribution in [3.63, 3.8) is 0 Å². The number of benzene rings is 2. The Kier molecular flexibility index (Phi) is 6.62. The zero-order chi connectivity index (χ0) is 21.8. The van der Waals surface area contributed by atoms with Crippen LogP contribution in [-0.4, -0.2) is 44.8 Å². The van der Waals surface area contributed by atoms with E-state index in [2.05, 4.69) is 34.5 Å². The second-order valence-electron chi connectivity index (χ2n) is 8.47. The lowest BCUT2D eigenvalue weighted by Gasteiger charge is -2.29. The summed E-state index contributed by atoms with van der Waals surface area (Å²) in [6.45, 7) is 5.31. The van der Waals surface area contributed by atoms with Gasteiger partial charge >= 0.3 is 0 Å². The standard InChI is InChI=1S/C24H31N3O3S/c1-19(20-7-11-22(12-8-20)26-15-3-2-4-16-26)25-24(28)21-9-13-23(14-10-21)31(29,30)27-17-5-6-18-27/h7-14,19H,2-6,15-18H2,1H3,(H,25,28). The van der Waals surface area contributed by atoms with Crippen LogP contribution in [0.2, 0.25) is 0 Å². The molecule has 2 saturated heterocycles. The first-order valence-electron chi connectivity index (χ1n) is 11.2. The van der Waals surface area contributed by atoms with Gasteiger partial charge in [-0.2, -0.15) is 4.31 Å². The summed E-state index contributed by atoms with van der Waals surface area (Å²) < 4.78 is 26.8. The maximum Gasteiger partial charge on any atom is 0.251 e. The molecule has 0 spiro atoms. The average molecular weight is 442 g/mol. The Morgan fingerprint density at radius 3 is 2.03 bits per heavy atom.